The second-order valence-electron chi connectivity index (χ2n) is 5.44. The first-order chi connectivity index (χ1) is 11.5. The third kappa shape index (κ3) is 3.87. The van der Waals surface area contributed by atoms with Gasteiger partial charge in [-0.25, -0.2) is 9.07 Å². The van der Waals surface area contributed by atoms with Crippen molar-refractivity contribution in [1.29, 1.82) is 0 Å². The van der Waals surface area contributed by atoms with Crippen LogP contribution in [-0.2, 0) is 13.2 Å². The second kappa shape index (κ2) is 7.21. The summed E-state index contributed by atoms with van der Waals surface area (Å²) in [6.07, 6.45) is 0. The van der Waals surface area contributed by atoms with E-state index >= 15 is 0 Å². The van der Waals surface area contributed by atoms with E-state index in [1.807, 2.05) is 30.1 Å². The summed E-state index contributed by atoms with van der Waals surface area (Å²) in [5.41, 5.74) is 1.64. The average Bonchev–Trinajstić information content (AvgIpc) is 2.88. The number of hydrogen-bond acceptors (Lipinski definition) is 4. The topological polar surface area (TPSA) is 38.9 Å². The highest BCUT2D eigenvalue weighted by molar-refractivity contribution is 7.71. The SMILES string of the molecule is CN(Cc1cccc(F)c1)Cn1nnn(-c2cccc(Cl)c2)c1=S. The highest BCUT2D eigenvalue weighted by Crippen LogP contribution is 2.14. The summed E-state index contributed by atoms with van der Waals surface area (Å²) in [5.74, 6) is -0.246. The van der Waals surface area contributed by atoms with Crippen LogP contribution in [0.4, 0.5) is 4.39 Å². The van der Waals surface area contributed by atoms with Gasteiger partial charge in [0.05, 0.1) is 12.4 Å². The van der Waals surface area contributed by atoms with Gasteiger partial charge in [0.25, 0.3) is 0 Å². The van der Waals surface area contributed by atoms with Crippen LogP contribution in [0.2, 0.25) is 5.02 Å². The minimum absolute atomic E-state index is 0.246. The normalized spacial score (nSPS) is 11.2. The Balaban J connectivity index is 1.75. The van der Waals surface area contributed by atoms with E-state index in [0.29, 0.717) is 23.0 Å². The Hall–Kier alpha value is -2.09. The molecule has 3 aromatic rings. The molecule has 0 saturated carbocycles. The molecule has 1 heterocycles. The van der Waals surface area contributed by atoms with E-state index in [2.05, 4.69) is 10.4 Å². The van der Waals surface area contributed by atoms with E-state index in [-0.39, 0.29) is 5.82 Å². The van der Waals surface area contributed by atoms with Crippen molar-refractivity contribution in [3.8, 4) is 5.69 Å². The fraction of sp³-hybridized carbons (Fsp3) is 0.188. The van der Waals surface area contributed by atoms with Gasteiger partial charge in [-0.2, -0.15) is 4.68 Å². The van der Waals surface area contributed by atoms with Gasteiger partial charge < -0.3 is 0 Å². The summed E-state index contributed by atoms with van der Waals surface area (Å²) < 4.78 is 16.9. The van der Waals surface area contributed by atoms with Crippen LogP contribution in [0.3, 0.4) is 0 Å². The first-order valence-corrected chi connectivity index (χ1v) is 8.03. The number of benzene rings is 2. The molecule has 0 unspecified atom stereocenters. The Kier molecular flexibility index (Phi) is 5.03. The van der Waals surface area contributed by atoms with Crippen molar-refractivity contribution in [3.63, 3.8) is 0 Å². The smallest absolute Gasteiger partial charge is 0.221 e. The maximum Gasteiger partial charge on any atom is 0.221 e. The molecule has 24 heavy (non-hydrogen) atoms. The highest BCUT2D eigenvalue weighted by Gasteiger charge is 2.09. The Labute approximate surface area is 148 Å². The molecule has 0 bridgehead atoms. The molecule has 8 heteroatoms. The fourth-order valence-corrected chi connectivity index (χ4v) is 2.78. The van der Waals surface area contributed by atoms with Crippen molar-refractivity contribution in [2.24, 2.45) is 0 Å². The number of nitrogens with zero attached hydrogens (tertiary/aromatic N) is 5. The molecule has 0 N–H and O–H groups in total. The number of hydrogen-bond donors (Lipinski definition) is 0. The number of halogens is 2. The molecule has 0 aliphatic rings. The van der Waals surface area contributed by atoms with Crippen molar-refractivity contribution in [2.45, 2.75) is 13.2 Å². The average molecular weight is 364 g/mol. The molecule has 0 amide bonds. The van der Waals surface area contributed by atoms with Gasteiger partial charge in [-0.15, -0.1) is 0 Å². The lowest BCUT2D eigenvalue weighted by Gasteiger charge is -2.16. The summed E-state index contributed by atoms with van der Waals surface area (Å²) in [6, 6.07) is 13.8. The van der Waals surface area contributed by atoms with Crippen LogP contribution in [0.5, 0.6) is 0 Å². The Bertz CT molecular complexity index is 907. The van der Waals surface area contributed by atoms with Crippen LogP contribution in [0.15, 0.2) is 48.5 Å². The van der Waals surface area contributed by atoms with Gasteiger partial charge in [-0.05, 0) is 65.6 Å². The zero-order valence-corrected chi connectivity index (χ0v) is 14.5. The number of tetrazole rings is 1. The highest BCUT2D eigenvalue weighted by atomic mass is 35.5. The molecule has 5 nitrogen and oxygen atoms in total. The first-order valence-electron chi connectivity index (χ1n) is 7.25. The summed E-state index contributed by atoms with van der Waals surface area (Å²) in [4.78, 5) is 1.97. The lowest BCUT2D eigenvalue weighted by molar-refractivity contribution is 0.241. The summed E-state index contributed by atoms with van der Waals surface area (Å²) >= 11 is 11.4. The van der Waals surface area contributed by atoms with Gasteiger partial charge in [-0.3, -0.25) is 4.90 Å². The Morgan fingerprint density at radius 3 is 2.71 bits per heavy atom. The molecule has 0 saturated heterocycles. The Morgan fingerprint density at radius 1 is 1.17 bits per heavy atom. The lowest BCUT2D eigenvalue weighted by Crippen LogP contribution is -2.22. The molecule has 0 aliphatic carbocycles. The van der Waals surface area contributed by atoms with Gasteiger partial charge in [0.15, 0.2) is 0 Å². The summed E-state index contributed by atoms with van der Waals surface area (Å²) in [6.45, 7) is 1.01. The van der Waals surface area contributed by atoms with Crippen molar-refractivity contribution >= 4 is 23.8 Å². The quantitative estimate of drug-likeness (QED) is 0.648. The zero-order valence-electron chi connectivity index (χ0n) is 12.9. The predicted octanol–water partition coefficient (Wildman–Crippen LogP) is 3.68. The molecule has 0 fully saturated rings. The van der Waals surface area contributed by atoms with Crippen LogP contribution >= 0.6 is 23.8 Å². The van der Waals surface area contributed by atoms with Crippen LogP contribution in [0.25, 0.3) is 5.69 Å². The van der Waals surface area contributed by atoms with E-state index in [9.17, 15) is 4.39 Å². The molecule has 0 atom stereocenters. The molecule has 0 spiro atoms. The van der Waals surface area contributed by atoms with E-state index in [1.54, 1.807) is 27.6 Å². The zero-order chi connectivity index (χ0) is 17.1. The van der Waals surface area contributed by atoms with Crippen molar-refractivity contribution in [2.75, 3.05) is 7.05 Å². The number of rotatable bonds is 5. The van der Waals surface area contributed by atoms with Crippen molar-refractivity contribution in [3.05, 3.63) is 69.7 Å². The predicted molar refractivity (Wildman–Crippen MR) is 93.1 cm³/mol. The monoisotopic (exact) mass is 363 g/mol. The van der Waals surface area contributed by atoms with Crippen molar-refractivity contribution in [1.82, 2.24) is 24.7 Å². The van der Waals surface area contributed by atoms with Crippen molar-refractivity contribution < 1.29 is 4.39 Å². The van der Waals surface area contributed by atoms with Gasteiger partial charge >= 0.3 is 0 Å². The van der Waals surface area contributed by atoms with Gasteiger partial charge in [0.1, 0.15) is 5.82 Å². The molecule has 0 radical (unpaired) electrons. The van der Waals surface area contributed by atoms with Crippen LogP contribution in [0, 0.1) is 10.6 Å². The third-order valence-corrected chi connectivity index (χ3v) is 4.03. The molecular formula is C16H15ClFN5S. The number of aromatic nitrogens is 4. The molecular weight excluding hydrogens is 349 g/mol. The molecule has 124 valence electrons. The summed E-state index contributed by atoms with van der Waals surface area (Å²) in [7, 11) is 1.91. The molecule has 1 aromatic heterocycles. The first kappa shape index (κ1) is 16.8. The van der Waals surface area contributed by atoms with Gasteiger partial charge in [0.2, 0.25) is 4.77 Å². The maximum atomic E-state index is 13.3. The third-order valence-electron chi connectivity index (χ3n) is 3.41. The van der Waals surface area contributed by atoms with E-state index < -0.39 is 0 Å². The fourth-order valence-electron chi connectivity index (χ4n) is 2.36. The standard InChI is InChI=1S/C16H15ClFN5S/c1-21(10-12-4-2-6-14(18)8-12)11-22-16(24)23(20-19-22)15-7-3-5-13(17)9-15/h2-9H,10-11H2,1H3. The van der Waals surface area contributed by atoms with Crippen LogP contribution in [-0.4, -0.2) is 31.7 Å². The van der Waals surface area contributed by atoms with E-state index in [0.717, 1.165) is 11.3 Å². The molecule has 0 aliphatic heterocycles. The van der Waals surface area contributed by atoms with Crippen LogP contribution < -0.4 is 0 Å². The molecule has 2 aromatic carbocycles. The minimum atomic E-state index is -0.246. The van der Waals surface area contributed by atoms with E-state index in [4.69, 9.17) is 23.8 Å². The van der Waals surface area contributed by atoms with Gasteiger partial charge in [-0.1, -0.05) is 29.8 Å². The van der Waals surface area contributed by atoms with Gasteiger partial charge in [0, 0.05) is 11.6 Å². The van der Waals surface area contributed by atoms with E-state index in [1.165, 1.54) is 12.1 Å². The minimum Gasteiger partial charge on any atom is -0.283 e. The largest absolute Gasteiger partial charge is 0.283 e. The maximum absolute atomic E-state index is 13.3. The Morgan fingerprint density at radius 2 is 1.96 bits per heavy atom. The summed E-state index contributed by atoms with van der Waals surface area (Å²) in [5, 5.41) is 8.77. The lowest BCUT2D eigenvalue weighted by atomic mass is 10.2. The molecule has 3 rings (SSSR count). The van der Waals surface area contributed by atoms with Crippen LogP contribution in [0.1, 0.15) is 5.56 Å². The second-order valence-corrected chi connectivity index (χ2v) is 6.24.